The molecule has 27 heavy (non-hydrogen) atoms. The maximum Gasteiger partial charge on any atom is 0.251 e. The summed E-state index contributed by atoms with van der Waals surface area (Å²) in [5, 5.41) is 8.84. The van der Waals surface area contributed by atoms with Gasteiger partial charge >= 0.3 is 0 Å². The number of ether oxygens (including phenoxy) is 1. The highest BCUT2D eigenvalue weighted by Crippen LogP contribution is 2.19. The summed E-state index contributed by atoms with van der Waals surface area (Å²) in [6.45, 7) is 5.28. The number of amides is 2. The minimum atomic E-state index is -0.120. The number of benzene rings is 2. The predicted octanol–water partition coefficient (Wildman–Crippen LogP) is 3.12. The standard InChI is InChI=1S/C21H27N3O3/c1-15-6-4-7-16(2)20(15)24-19(25)14-23-18-10-8-17(9-11-18)21(26)22-12-5-13-27-3/h4,6-11,23H,5,12-14H2,1-3H3,(H,22,26)(H,24,25). The molecule has 3 N–H and O–H groups in total. The molecule has 0 aliphatic rings. The van der Waals surface area contributed by atoms with Gasteiger partial charge in [-0.25, -0.2) is 0 Å². The minimum Gasteiger partial charge on any atom is -0.385 e. The SMILES string of the molecule is COCCCNC(=O)c1ccc(NCC(=O)Nc2c(C)cccc2C)cc1. The van der Waals surface area contributed by atoms with Gasteiger partial charge in [0.2, 0.25) is 5.91 Å². The van der Waals surface area contributed by atoms with E-state index < -0.39 is 0 Å². The normalized spacial score (nSPS) is 10.3. The van der Waals surface area contributed by atoms with Crippen molar-refractivity contribution in [3.8, 4) is 0 Å². The highest BCUT2D eigenvalue weighted by atomic mass is 16.5. The van der Waals surface area contributed by atoms with Crippen molar-refractivity contribution in [3.63, 3.8) is 0 Å². The maximum atomic E-state index is 12.2. The average molecular weight is 369 g/mol. The van der Waals surface area contributed by atoms with Crippen LogP contribution in [0.1, 0.15) is 27.9 Å². The van der Waals surface area contributed by atoms with E-state index in [1.807, 2.05) is 32.0 Å². The van der Waals surface area contributed by atoms with Crippen LogP contribution in [0.3, 0.4) is 0 Å². The van der Waals surface area contributed by atoms with Crippen molar-refractivity contribution in [2.24, 2.45) is 0 Å². The van der Waals surface area contributed by atoms with E-state index in [1.165, 1.54) is 0 Å². The van der Waals surface area contributed by atoms with Crippen LogP contribution < -0.4 is 16.0 Å². The number of para-hydroxylation sites is 1. The fourth-order valence-electron chi connectivity index (χ4n) is 2.64. The Morgan fingerprint density at radius 2 is 1.67 bits per heavy atom. The summed E-state index contributed by atoms with van der Waals surface area (Å²) < 4.78 is 4.95. The number of rotatable bonds is 9. The first kappa shape index (κ1) is 20.5. The summed E-state index contributed by atoms with van der Waals surface area (Å²) in [5.74, 6) is -0.238. The number of aryl methyl sites for hydroxylation is 2. The van der Waals surface area contributed by atoms with Crippen LogP contribution in [0.5, 0.6) is 0 Å². The molecule has 2 rings (SSSR count). The number of anilines is 2. The third kappa shape index (κ3) is 6.42. The van der Waals surface area contributed by atoms with E-state index in [0.717, 1.165) is 28.9 Å². The number of nitrogens with one attached hydrogen (secondary N) is 3. The van der Waals surface area contributed by atoms with Crippen LogP contribution in [-0.4, -0.2) is 38.6 Å². The van der Waals surface area contributed by atoms with Crippen LogP contribution in [0.2, 0.25) is 0 Å². The van der Waals surface area contributed by atoms with Crippen molar-refractivity contribution >= 4 is 23.2 Å². The summed E-state index contributed by atoms with van der Waals surface area (Å²) in [6, 6.07) is 12.9. The largest absolute Gasteiger partial charge is 0.385 e. The zero-order valence-corrected chi connectivity index (χ0v) is 16.1. The summed E-state index contributed by atoms with van der Waals surface area (Å²) in [5.41, 5.74) is 4.28. The summed E-state index contributed by atoms with van der Waals surface area (Å²) in [6.07, 6.45) is 0.775. The van der Waals surface area contributed by atoms with Gasteiger partial charge < -0.3 is 20.7 Å². The number of carbonyl (C=O) groups excluding carboxylic acids is 2. The number of hydrogen-bond acceptors (Lipinski definition) is 4. The molecule has 0 atom stereocenters. The van der Waals surface area contributed by atoms with E-state index in [1.54, 1.807) is 31.4 Å². The number of hydrogen-bond donors (Lipinski definition) is 3. The van der Waals surface area contributed by atoms with E-state index in [-0.39, 0.29) is 18.4 Å². The Kier molecular flexibility index (Phi) is 7.82. The molecule has 144 valence electrons. The molecule has 0 spiro atoms. The van der Waals surface area contributed by atoms with Crippen molar-refractivity contribution in [2.45, 2.75) is 20.3 Å². The van der Waals surface area contributed by atoms with E-state index in [2.05, 4.69) is 16.0 Å². The monoisotopic (exact) mass is 369 g/mol. The minimum absolute atomic E-state index is 0.118. The third-order valence-electron chi connectivity index (χ3n) is 4.16. The Hall–Kier alpha value is -2.86. The van der Waals surface area contributed by atoms with Gasteiger partial charge in [0.15, 0.2) is 0 Å². The quantitative estimate of drug-likeness (QED) is 0.594. The topological polar surface area (TPSA) is 79.5 Å². The molecule has 0 saturated carbocycles. The van der Waals surface area contributed by atoms with Gasteiger partial charge in [0, 0.05) is 37.2 Å². The highest BCUT2D eigenvalue weighted by molar-refractivity contribution is 5.96. The maximum absolute atomic E-state index is 12.2. The molecule has 0 heterocycles. The molecular formula is C21H27N3O3. The fraction of sp³-hybridized carbons (Fsp3) is 0.333. The molecule has 6 nitrogen and oxygen atoms in total. The first-order chi connectivity index (χ1) is 13.0. The van der Waals surface area contributed by atoms with Crippen LogP contribution in [-0.2, 0) is 9.53 Å². The fourth-order valence-corrected chi connectivity index (χ4v) is 2.64. The van der Waals surface area contributed by atoms with Crippen molar-refractivity contribution in [1.82, 2.24) is 5.32 Å². The second-order valence-electron chi connectivity index (χ2n) is 6.35. The summed E-state index contributed by atoms with van der Waals surface area (Å²) in [7, 11) is 1.63. The number of carbonyl (C=O) groups is 2. The third-order valence-corrected chi connectivity index (χ3v) is 4.16. The molecule has 0 radical (unpaired) electrons. The highest BCUT2D eigenvalue weighted by Gasteiger charge is 2.08. The van der Waals surface area contributed by atoms with E-state index >= 15 is 0 Å². The smallest absolute Gasteiger partial charge is 0.251 e. The van der Waals surface area contributed by atoms with Gasteiger partial charge in [-0.1, -0.05) is 18.2 Å². The van der Waals surface area contributed by atoms with E-state index in [9.17, 15) is 9.59 Å². The lowest BCUT2D eigenvalue weighted by molar-refractivity contribution is -0.114. The van der Waals surface area contributed by atoms with E-state index in [0.29, 0.717) is 18.7 Å². The van der Waals surface area contributed by atoms with Crippen LogP contribution in [0.25, 0.3) is 0 Å². The van der Waals surface area contributed by atoms with Crippen molar-refractivity contribution in [1.29, 1.82) is 0 Å². The Bertz CT molecular complexity index is 752. The molecule has 0 aliphatic heterocycles. The van der Waals surface area contributed by atoms with Gasteiger partial charge in [0.05, 0.1) is 6.54 Å². The summed E-state index contributed by atoms with van der Waals surface area (Å²) in [4.78, 5) is 24.2. The first-order valence-corrected chi connectivity index (χ1v) is 8.98. The van der Waals surface area contributed by atoms with Gasteiger partial charge in [0.25, 0.3) is 5.91 Å². The molecule has 0 aromatic heterocycles. The lowest BCUT2D eigenvalue weighted by Gasteiger charge is -2.12. The van der Waals surface area contributed by atoms with E-state index in [4.69, 9.17) is 4.74 Å². The Morgan fingerprint density at radius 3 is 2.30 bits per heavy atom. The first-order valence-electron chi connectivity index (χ1n) is 8.98. The molecule has 0 aliphatic carbocycles. The van der Waals surface area contributed by atoms with Crippen LogP contribution >= 0.6 is 0 Å². The van der Waals surface area contributed by atoms with Gasteiger partial charge in [0.1, 0.15) is 0 Å². The van der Waals surface area contributed by atoms with Gasteiger partial charge in [-0.05, 0) is 55.7 Å². The summed E-state index contributed by atoms with van der Waals surface area (Å²) >= 11 is 0. The molecular weight excluding hydrogens is 342 g/mol. The van der Waals surface area contributed by atoms with Crippen LogP contribution in [0, 0.1) is 13.8 Å². The van der Waals surface area contributed by atoms with Crippen molar-refractivity contribution < 1.29 is 14.3 Å². The Labute approximate surface area is 160 Å². The zero-order valence-electron chi connectivity index (χ0n) is 16.1. The lowest BCUT2D eigenvalue weighted by Crippen LogP contribution is -2.25. The second kappa shape index (κ2) is 10.3. The van der Waals surface area contributed by atoms with Gasteiger partial charge in [-0.2, -0.15) is 0 Å². The van der Waals surface area contributed by atoms with Crippen molar-refractivity contribution in [2.75, 3.05) is 37.4 Å². The molecule has 2 aromatic rings. The van der Waals surface area contributed by atoms with Crippen LogP contribution in [0.15, 0.2) is 42.5 Å². The lowest BCUT2D eigenvalue weighted by atomic mass is 10.1. The van der Waals surface area contributed by atoms with Crippen molar-refractivity contribution in [3.05, 3.63) is 59.2 Å². The molecule has 2 amide bonds. The molecule has 0 unspecified atom stereocenters. The molecule has 0 saturated heterocycles. The van der Waals surface area contributed by atoms with Gasteiger partial charge in [-0.15, -0.1) is 0 Å². The molecule has 0 fully saturated rings. The number of methoxy groups -OCH3 is 1. The Morgan fingerprint density at radius 1 is 1.00 bits per heavy atom. The van der Waals surface area contributed by atoms with Gasteiger partial charge in [-0.3, -0.25) is 9.59 Å². The second-order valence-corrected chi connectivity index (χ2v) is 6.35. The van der Waals surface area contributed by atoms with Crippen LogP contribution in [0.4, 0.5) is 11.4 Å². The Balaban J connectivity index is 1.82. The molecule has 2 aromatic carbocycles. The molecule has 0 bridgehead atoms. The molecule has 6 heteroatoms. The predicted molar refractivity (Wildman–Crippen MR) is 108 cm³/mol. The zero-order chi connectivity index (χ0) is 19.6. The average Bonchev–Trinajstić information content (AvgIpc) is 2.67.